The van der Waals surface area contributed by atoms with Gasteiger partial charge in [-0.05, 0) is 74.6 Å². The highest BCUT2D eigenvalue weighted by Crippen LogP contribution is 2.36. The number of carbonyl (C=O) groups is 2. The number of aryl methyl sites for hydroxylation is 3. The van der Waals surface area contributed by atoms with E-state index in [1.54, 1.807) is 24.7 Å². The summed E-state index contributed by atoms with van der Waals surface area (Å²) in [5.74, 6) is -0.645. The number of aromatic nitrogens is 2. The molecule has 1 aliphatic carbocycles. The lowest BCUT2D eigenvalue weighted by Crippen LogP contribution is -2.42. The van der Waals surface area contributed by atoms with Gasteiger partial charge in [-0.15, -0.1) is 0 Å². The van der Waals surface area contributed by atoms with E-state index < -0.39 is 17.9 Å². The number of aliphatic carboxylic acids is 1. The highest BCUT2D eigenvalue weighted by molar-refractivity contribution is 5.99. The minimum Gasteiger partial charge on any atom is -0.480 e. The van der Waals surface area contributed by atoms with Crippen molar-refractivity contribution in [2.75, 3.05) is 0 Å². The number of carbonyl (C=O) groups excluding carboxylic acids is 1. The number of nitrogens with one attached hydrogen (secondary N) is 1. The van der Waals surface area contributed by atoms with Gasteiger partial charge >= 0.3 is 5.97 Å². The molecule has 5 rings (SSSR count). The smallest absolute Gasteiger partial charge is 0.326 e. The molecule has 1 aliphatic rings. The van der Waals surface area contributed by atoms with E-state index in [0.717, 1.165) is 52.0 Å². The Bertz CT molecular complexity index is 1420. The molecule has 7 heteroatoms. The number of hydrogen-bond acceptors (Lipinski definition) is 4. The summed E-state index contributed by atoms with van der Waals surface area (Å²) in [6.07, 6.45) is 9.37. The first-order valence-electron chi connectivity index (χ1n) is 13.0. The fraction of sp³-hybridized carbons (Fsp3) is 0.367. The van der Waals surface area contributed by atoms with Crippen molar-refractivity contribution in [3.05, 3.63) is 76.7 Å². The Morgan fingerprint density at radius 3 is 2.46 bits per heavy atom. The third-order valence-corrected chi connectivity index (χ3v) is 7.52. The number of rotatable bonds is 7. The first kappa shape index (κ1) is 24.8. The van der Waals surface area contributed by atoms with E-state index in [1.807, 2.05) is 45.0 Å². The van der Waals surface area contributed by atoms with E-state index in [-0.39, 0.29) is 6.42 Å². The van der Waals surface area contributed by atoms with Crippen LogP contribution in [-0.2, 0) is 11.2 Å². The zero-order chi connectivity index (χ0) is 26.1. The van der Waals surface area contributed by atoms with Gasteiger partial charge in [-0.1, -0.05) is 37.0 Å². The second-order valence-corrected chi connectivity index (χ2v) is 10.3. The minimum absolute atomic E-state index is 0.224. The number of carboxylic acid groups (broad SMARTS) is 1. The summed E-state index contributed by atoms with van der Waals surface area (Å²) in [6, 6.07) is 10.7. The maximum absolute atomic E-state index is 13.2. The fourth-order valence-corrected chi connectivity index (χ4v) is 5.72. The van der Waals surface area contributed by atoms with E-state index in [1.165, 1.54) is 19.3 Å². The van der Waals surface area contributed by atoms with E-state index in [4.69, 9.17) is 9.40 Å². The molecule has 0 bridgehead atoms. The van der Waals surface area contributed by atoms with E-state index in [2.05, 4.69) is 9.88 Å². The standard InChI is InChI=1S/C30H33N3O4/c1-18-13-19(2)24(20(3)14-18)16-26(30(35)36)32-29(34)21-9-10-27-25(15-21)31-28(22-11-12-37-17-22)33(27)23-7-5-4-6-8-23/h9-15,17,23,26H,4-8,16H2,1-3H3,(H,32,34)(H,35,36). The molecule has 1 unspecified atom stereocenters. The normalized spacial score (nSPS) is 15.1. The molecule has 0 radical (unpaired) electrons. The van der Waals surface area contributed by atoms with Crippen molar-refractivity contribution in [1.82, 2.24) is 14.9 Å². The Morgan fingerprint density at radius 2 is 1.81 bits per heavy atom. The average molecular weight is 500 g/mol. The van der Waals surface area contributed by atoms with Gasteiger partial charge in [0.05, 0.1) is 22.9 Å². The lowest BCUT2D eigenvalue weighted by Gasteiger charge is -2.25. The highest BCUT2D eigenvalue weighted by Gasteiger charge is 2.25. The third-order valence-electron chi connectivity index (χ3n) is 7.52. The molecule has 37 heavy (non-hydrogen) atoms. The van der Waals surface area contributed by atoms with Gasteiger partial charge in [0.2, 0.25) is 0 Å². The molecular formula is C30H33N3O4. The SMILES string of the molecule is Cc1cc(C)c(CC(NC(=O)c2ccc3c(c2)nc(-c2ccoc2)n3C2CCCCC2)C(=O)O)c(C)c1. The molecule has 192 valence electrons. The summed E-state index contributed by atoms with van der Waals surface area (Å²) in [5, 5.41) is 12.6. The van der Waals surface area contributed by atoms with Crippen LogP contribution in [0.5, 0.6) is 0 Å². The maximum atomic E-state index is 13.2. The van der Waals surface area contributed by atoms with Crippen LogP contribution in [0.3, 0.4) is 0 Å². The molecule has 1 atom stereocenters. The first-order chi connectivity index (χ1) is 17.8. The summed E-state index contributed by atoms with van der Waals surface area (Å²) < 4.78 is 7.62. The quantitative estimate of drug-likeness (QED) is 0.318. The summed E-state index contributed by atoms with van der Waals surface area (Å²) in [4.78, 5) is 30.2. The Kier molecular flexibility index (Phi) is 6.87. The second kappa shape index (κ2) is 10.2. The third kappa shape index (κ3) is 5.03. The van der Waals surface area contributed by atoms with Crippen LogP contribution >= 0.6 is 0 Å². The predicted octanol–water partition coefficient (Wildman–Crippen LogP) is 6.15. The van der Waals surface area contributed by atoms with Crippen molar-refractivity contribution in [2.45, 2.75) is 71.4 Å². The van der Waals surface area contributed by atoms with Gasteiger partial charge in [-0.2, -0.15) is 0 Å². The lowest BCUT2D eigenvalue weighted by molar-refractivity contribution is -0.139. The Labute approximate surface area is 216 Å². The van der Waals surface area contributed by atoms with Crippen molar-refractivity contribution in [2.24, 2.45) is 0 Å². The Hall–Kier alpha value is -3.87. The van der Waals surface area contributed by atoms with Crippen molar-refractivity contribution < 1.29 is 19.1 Å². The molecule has 0 spiro atoms. The van der Waals surface area contributed by atoms with Crippen molar-refractivity contribution in [3.8, 4) is 11.4 Å². The van der Waals surface area contributed by atoms with Gasteiger partial charge in [0.25, 0.3) is 5.91 Å². The van der Waals surface area contributed by atoms with Gasteiger partial charge in [0.15, 0.2) is 0 Å². The molecule has 4 aromatic rings. The van der Waals surface area contributed by atoms with Crippen LogP contribution in [0.25, 0.3) is 22.4 Å². The van der Waals surface area contributed by atoms with Gasteiger partial charge in [-0.3, -0.25) is 4.79 Å². The molecule has 2 heterocycles. The summed E-state index contributed by atoms with van der Waals surface area (Å²) in [5.41, 5.74) is 7.12. The van der Waals surface area contributed by atoms with E-state index in [0.29, 0.717) is 17.1 Å². The van der Waals surface area contributed by atoms with Crippen LogP contribution in [0.15, 0.2) is 53.3 Å². The number of benzene rings is 2. The van der Waals surface area contributed by atoms with E-state index >= 15 is 0 Å². The van der Waals surface area contributed by atoms with Crippen LogP contribution in [0.4, 0.5) is 0 Å². The number of fused-ring (bicyclic) bond motifs is 1. The summed E-state index contributed by atoms with van der Waals surface area (Å²) in [6.45, 7) is 5.97. The number of carboxylic acids is 1. The number of imidazole rings is 1. The molecule has 1 amide bonds. The second-order valence-electron chi connectivity index (χ2n) is 10.3. The fourth-order valence-electron chi connectivity index (χ4n) is 5.72. The largest absolute Gasteiger partial charge is 0.480 e. The van der Waals surface area contributed by atoms with Crippen LogP contribution < -0.4 is 5.32 Å². The Morgan fingerprint density at radius 1 is 1.08 bits per heavy atom. The molecule has 0 aliphatic heterocycles. The van der Waals surface area contributed by atoms with Crippen LogP contribution in [-0.4, -0.2) is 32.6 Å². The highest BCUT2D eigenvalue weighted by atomic mass is 16.4. The minimum atomic E-state index is -1.06. The molecule has 1 fully saturated rings. The van der Waals surface area contributed by atoms with E-state index in [9.17, 15) is 14.7 Å². The molecule has 2 N–H and O–H groups in total. The number of furan rings is 1. The molecule has 0 saturated heterocycles. The van der Waals surface area contributed by atoms with Crippen molar-refractivity contribution in [1.29, 1.82) is 0 Å². The summed E-state index contributed by atoms with van der Waals surface area (Å²) >= 11 is 0. The molecule has 1 saturated carbocycles. The predicted molar refractivity (Wildman–Crippen MR) is 143 cm³/mol. The molecule has 2 aromatic carbocycles. The monoisotopic (exact) mass is 499 g/mol. The molecule has 2 aromatic heterocycles. The molecule has 7 nitrogen and oxygen atoms in total. The van der Waals surface area contributed by atoms with Crippen LogP contribution in [0.1, 0.15) is 70.8 Å². The molecular weight excluding hydrogens is 466 g/mol. The van der Waals surface area contributed by atoms with Crippen LogP contribution in [0.2, 0.25) is 0 Å². The van der Waals surface area contributed by atoms with Crippen LogP contribution in [0, 0.1) is 20.8 Å². The number of nitrogens with zero attached hydrogens (tertiary/aromatic N) is 2. The lowest BCUT2D eigenvalue weighted by atomic mass is 9.94. The summed E-state index contributed by atoms with van der Waals surface area (Å²) in [7, 11) is 0. The average Bonchev–Trinajstić information content (AvgIpc) is 3.53. The number of amides is 1. The van der Waals surface area contributed by atoms with Gasteiger partial charge in [0.1, 0.15) is 18.1 Å². The van der Waals surface area contributed by atoms with Gasteiger partial charge in [-0.25, -0.2) is 9.78 Å². The van der Waals surface area contributed by atoms with Gasteiger partial charge < -0.3 is 19.4 Å². The number of hydrogen-bond donors (Lipinski definition) is 2. The zero-order valence-electron chi connectivity index (χ0n) is 21.6. The zero-order valence-corrected chi connectivity index (χ0v) is 21.6. The first-order valence-corrected chi connectivity index (χ1v) is 13.0. The maximum Gasteiger partial charge on any atom is 0.326 e. The topological polar surface area (TPSA) is 97.4 Å². The van der Waals surface area contributed by atoms with Crippen molar-refractivity contribution in [3.63, 3.8) is 0 Å². The Balaban J connectivity index is 1.45. The van der Waals surface area contributed by atoms with Crippen molar-refractivity contribution >= 4 is 22.9 Å². The van der Waals surface area contributed by atoms with Gasteiger partial charge in [0, 0.05) is 18.0 Å².